The molecule has 3 heterocycles. The van der Waals surface area contributed by atoms with E-state index in [0.29, 0.717) is 16.2 Å². The molecule has 6 nitrogen and oxygen atoms in total. The molecule has 3 rings (SSSR count). The molecule has 0 aromatic carbocycles. The van der Waals surface area contributed by atoms with Crippen molar-refractivity contribution in [3.05, 3.63) is 5.01 Å². The zero-order chi connectivity index (χ0) is 13.8. The van der Waals surface area contributed by atoms with Crippen LogP contribution in [-0.2, 0) is 9.84 Å². The van der Waals surface area contributed by atoms with Gasteiger partial charge >= 0.3 is 0 Å². The van der Waals surface area contributed by atoms with Gasteiger partial charge in [0, 0.05) is 5.92 Å². The van der Waals surface area contributed by atoms with Gasteiger partial charge in [-0.3, -0.25) is 4.90 Å². The molecule has 2 aliphatic heterocycles. The van der Waals surface area contributed by atoms with E-state index < -0.39 is 9.84 Å². The first-order chi connectivity index (χ1) is 8.87. The molecule has 0 unspecified atom stereocenters. The second kappa shape index (κ2) is 4.35. The Morgan fingerprint density at radius 3 is 2.79 bits per heavy atom. The van der Waals surface area contributed by atoms with Crippen LogP contribution in [0.15, 0.2) is 0 Å². The predicted molar refractivity (Wildman–Crippen MR) is 78.4 cm³/mol. The van der Waals surface area contributed by atoms with Crippen LogP contribution in [0.25, 0.3) is 0 Å². The minimum Gasteiger partial charge on any atom is -0.356 e. The second-order valence-electron chi connectivity index (χ2n) is 5.15. The highest BCUT2D eigenvalue weighted by Crippen LogP contribution is 2.33. The van der Waals surface area contributed by atoms with Crippen LogP contribution in [0.4, 0.5) is 5.13 Å². The Bertz CT molecular complexity index is 624. The van der Waals surface area contributed by atoms with Crippen LogP contribution in [0.2, 0.25) is 0 Å². The molecule has 2 saturated heterocycles. The maximum absolute atomic E-state index is 11.7. The fourth-order valence-corrected chi connectivity index (χ4v) is 5.62. The lowest BCUT2D eigenvalue weighted by atomic mass is 10.2. The van der Waals surface area contributed by atoms with Crippen LogP contribution in [0.1, 0.15) is 24.8 Å². The van der Waals surface area contributed by atoms with Crippen molar-refractivity contribution in [1.82, 2.24) is 15.5 Å². The largest absolute Gasteiger partial charge is 0.356 e. The number of sulfone groups is 1. The number of hydrogen-bond acceptors (Lipinski definition) is 6. The van der Waals surface area contributed by atoms with E-state index in [9.17, 15) is 8.42 Å². The minimum absolute atomic E-state index is 0.121. The fourth-order valence-electron chi connectivity index (χ4n) is 2.39. The molecule has 0 bridgehead atoms. The molecule has 1 aromatic rings. The van der Waals surface area contributed by atoms with E-state index >= 15 is 0 Å². The smallest absolute Gasteiger partial charge is 0.214 e. The zero-order valence-corrected chi connectivity index (χ0v) is 13.0. The van der Waals surface area contributed by atoms with Crippen molar-refractivity contribution >= 4 is 43.6 Å². The molecule has 0 radical (unpaired) electrons. The molecule has 19 heavy (non-hydrogen) atoms. The van der Waals surface area contributed by atoms with E-state index in [2.05, 4.69) is 15.5 Å². The second-order valence-corrected chi connectivity index (χ2v) is 8.68. The van der Waals surface area contributed by atoms with E-state index in [4.69, 9.17) is 12.2 Å². The molecule has 2 fully saturated rings. The summed E-state index contributed by atoms with van der Waals surface area (Å²) < 4.78 is 23.4. The number of nitrogens with zero attached hydrogens (tertiary/aromatic N) is 3. The summed E-state index contributed by atoms with van der Waals surface area (Å²) in [6, 6.07) is -0.269. The summed E-state index contributed by atoms with van der Waals surface area (Å²) in [5.74, 6) is 0.574. The van der Waals surface area contributed by atoms with Crippen LogP contribution in [0.3, 0.4) is 0 Å². The van der Waals surface area contributed by atoms with E-state index in [0.717, 1.165) is 5.01 Å². The van der Waals surface area contributed by atoms with Crippen LogP contribution < -0.4 is 10.2 Å². The molecule has 1 N–H and O–H groups in total. The number of hydrogen-bond donors (Lipinski definition) is 1. The SMILES string of the molecule is CC(C)c1nnc(N2C(=S)N[C@H]3CS(=O)(=O)C[C@@H]32)s1. The van der Waals surface area contributed by atoms with Crippen LogP contribution in [0.5, 0.6) is 0 Å². The van der Waals surface area contributed by atoms with Gasteiger partial charge in [-0.25, -0.2) is 8.42 Å². The Labute approximate surface area is 121 Å². The average molecular weight is 318 g/mol. The van der Waals surface area contributed by atoms with Crippen molar-refractivity contribution in [2.24, 2.45) is 0 Å². The number of aromatic nitrogens is 2. The Morgan fingerprint density at radius 1 is 1.42 bits per heavy atom. The van der Waals surface area contributed by atoms with Crippen molar-refractivity contribution < 1.29 is 8.42 Å². The molecule has 9 heteroatoms. The number of anilines is 1. The maximum Gasteiger partial charge on any atom is 0.214 e. The summed E-state index contributed by atoms with van der Waals surface area (Å²) in [5, 5.41) is 13.5. The third-order valence-electron chi connectivity index (χ3n) is 3.31. The van der Waals surface area contributed by atoms with Crippen molar-refractivity contribution in [3.8, 4) is 0 Å². The van der Waals surface area contributed by atoms with E-state index in [1.54, 1.807) is 0 Å². The van der Waals surface area contributed by atoms with Gasteiger partial charge in [0.1, 0.15) is 5.01 Å². The highest BCUT2D eigenvalue weighted by molar-refractivity contribution is 7.91. The molecular formula is C10H14N4O2S3. The van der Waals surface area contributed by atoms with Crippen LogP contribution in [0, 0.1) is 0 Å². The Morgan fingerprint density at radius 2 is 2.16 bits per heavy atom. The molecule has 0 spiro atoms. The van der Waals surface area contributed by atoms with Gasteiger partial charge < -0.3 is 5.32 Å². The van der Waals surface area contributed by atoms with Gasteiger partial charge in [-0.15, -0.1) is 10.2 Å². The first kappa shape index (κ1) is 13.2. The molecule has 2 atom stereocenters. The Balaban J connectivity index is 1.92. The third kappa shape index (κ3) is 2.23. The zero-order valence-electron chi connectivity index (χ0n) is 10.5. The summed E-state index contributed by atoms with van der Waals surface area (Å²) in [6.45, 7) is 4.10. The molecule has 0 amide bonds. The monoisotopic (exact) mass is 318 g/mol. The molecule has 2 aliphatic rings. The molecule has 104 valence electrons. The van der Waals surface area contributed by atoms with Gasteiger partial charge in [0.05, 0.1) is 23.6 Å². The topological polar surface area (TPSA) is 75.2 Å². The summed E-state index contributed by atoms with van der Waals surface area (Å²) in [5.41, 5.74) is 0. The summed E-state index contributed by atoms with van der Waals surface area (Å²) >= 11 is 6.76. The Hall–Kier alpha value is -0.800. The van der Waals surface area contributed by atoms with Crippen LogP contribution >= 0.6 is 23.6 Å². The van der Waals surface area contributed by atoms with Crippen LogP contribution in [-0.4, -0.2) is 47.3 Å². The lowest BCUT2D eigenvalue weighted by molar-refractivity contribution is 0.600. The number of thiocarbonyl (C=S) groups is 1. The van der Waals surface area contributed by atoms with Gasteiger partial charge in [0.2, 0.25) is 5.13 Å². The first-order valence-electron chi connectivity index (χ1n) is 6.01. The van der Waals surface area contributed by atoms with Gasteiger partial charge in [0.15, 0.2) is 14.9 Å². The molecule has 0 saturated carbocycles. The summed E-state index contributed by atoms with van der Waals surface area (Å²) in [6.07, 6.45) is 0. The number of fused-ring (bicyclic) bond motifs is 1. The fraction of sp³-hybridized carbons (Fsp3) is 0.700. The molecule has 0 aliphatic carbocycles. The van der Waals surface area contributed by atoms with Gasteiger partial charge in [-0.05, 0) is 12.2 Å². The summed E-state index contributed by atoms with van der Waals surface area (Å²) in [7, 11) is -2.99. The van der Waals surface area contributed by atoms with Gasteiger partial charge in [-0.1, -0.05) is 25.2 Å². The standard InChI is InChI=1S/C10H14N4O2S3/c1-5(2)8-12-13-10(18-8)14-7-4-19(15,16)3-6(7)11-9(14)17/h5-7H,3-4H2,1-2H3,(H,11,17)/t6-,7-/m0/s1. The van der Waals surface area contributed by atoms with Crippen molar-refractivity contribution in [2.75, 3.05) is 16.4 Å². The highest BCUT2D eigenvalue weighted by atomic mass is 32.2. The first-order valence-corrected chi connectivity index (χ1v) is 9.05. The number of rotatable bonds is 2. The maximum atomic E-state index is 11.7. The van der Waals surface area contributed by atoms with E-state index in [1.165, 1.54) is 11.3 Å². The van der Waals surface area contributed by atoms with Gasteiger partial charge in [-0.2, -0.15) is 0 Å². The highest BCUT2D eigenvalue weighted by Gasteiger charge is 2.48. The van der Waals surface area contributed by atoms with E-state index in [-0.39, 0.29) is 23.6 Å². The summed E-state index contributed by atoms with van der Waals surface area (Å²) in [4.78, 5) is 1.81. The quantitative estimate of drug-likeness (QED) is 0.797. The third-order valence-corrected chi connectivity index (χ3v) is 6.57. The van der Waals surface area contributed by atoms with E-state index in [1.807, 2.05) is 18.7 Å². The molecular weight excluding hydrogens is 304 g/mol. The molecule has 1 aromatic heterocycles. The average Bonchev–Trinajstić information content (AvgIpc) is 2.90. The lowest BCUT2D eigenvalue weighted by Crippen LogP contribution is -2.36. The normalized spacial score (nSPS) is 28.8. The number of nitrogens with one attached hydrogen (secondary N) is 1. The van der Waals surface area contributed by atoms with Crippen molar-refractivity contribution in [3.63, 3.8) is 0 Å². The van der Waals surface area contributed by atoms with Gasteiger partial charge in [0.25, 0.3) is 0 Å². The van der Waals surface area contributed by atoms with Crippen molar-refractivity contribution in [2.45, 2.75) is 31.8 Å². The predicted octanol–water partition coefficient (Wildman–Crippen LogP) is 0.522. The minimum atomic E-state index is -2.99. The Kier molecular flexibility index (Phi) is 3.02. The van der Waals surface area contributed by atoms with Crippen molar-refractivity contribution in [1.29, 1.82) is 0 Å². The lowest BCUT2D eigenvalue weighted by Gasteiger charge is -2.18.